The van der Waals surface area contributed by atoms with Gasteiger partial charge in [-0.15, -0.1) is 11.3 Å². The zero-order chi connectivity index (χ0) is 18.4. The van der Waals surface area contributed by atoms with Crippen LogP contribution in [-0.4, -0.2) is 10.9 Å². The zero-order valence-electron chi connectivity index (χ0n) is 14.4. The molecular formula is C20H19FN2O2S. The topological polar surface area (TPSA) is 51.2 Å². The van der Waals surface area contributed by atoms with E-state index in [1.807, 2.05) is 36.6 Å². The molecule has 134 valence electrons. The fraction of sp³-hybridized carbons (Fsp3) is 0.200. The Hall–Kier alpha value is -2.73. The number of aryl methyl sites for hydroxylation is 1. The number of carbonyl (C=O) groups excluding carboxylic acids is 1. The molecule has 3 rings (SSSR count). The average molecular weight is 370 g/mol. The van der Waals surface area contributed by atoms with E-state index in [-0.39, 0.29) is 18.1 Å². The first-order valence-corrected chi connectivity index (χ1v) is 9.10. The SMILES string of the molecule is Cc1ccc(OCc2nc(CC(=O)NCc3cccc(F)c3)cs2)cc1. The molecule has 1 heterocycles. The lowest BCUT2D eigenvalue weighted by Gasteiger charge is -2.05. The summed E-state index contributed by atoms with van der Waals surface area (Å²) in [5.41, 5.74) is 2.61. The largest absolute Gasteiger partial charge is 0.486 e. The van der Waals surface area contributed by atoms with E-state index in [9.17, 15) is 9.18 Å². The van der Waals surface area contributed by atoms with Crippen molar-refractivity contribution >= 4 is 17.2 Å². The fourth-order valence-electron chi connectivity index (χ4n) is 2.35. The summed E-state index contributed by atoms with van der Waals surface area (Å²) in [5, 5.41) is 5.45. The third-order valence-electron chi connectivity index (χ3n) is 3.70. The molecule has 0 fully saturated rings. The van der Waals surface area contributed by atoms with E-state index in [0.29, 0.717) is 18.8 Å². The summed E-state index contributed by atoms with van der Waals surface area (Å²) in [6.07, 6.45) is 0.191. The molecule has 1 N–H and O–H groups in total. The minimum absolute atomic E-state index is 0.148. The number of nitrogens with zero attached hydrogens (tertiary/aromatic N) is 1. The maximum atomic E-state index is 13.1. The van der Waals surface area contributed by atoms with Crippen molar-refractivity contribution in [3.05, 3.63) is 81.6 Å². The second-order valence-electron chi connectivity index (χ2n) is 5.92. The molecule has 0 radical (unpaired) electrons. The number of ether oxygens (including phenoxy) is 1. The van der Waals surface area contributed by atoms with Crippen LogP contribution in [0.15, 0.2) is 53.9 Å². The Bertz CT molecular complexity index is 878. The van der Waals surface area contributed by atoms with Crippen LogP contribution in [0.1, 0.15) is 21.8 Å². The van der Waals surface area contributed by atoms with Crippen molar-refractivity contribution in [3.8, 4) is 5.75 Å². The minimum atomic E-state index is -0.311. The molecule has 0 unspecified atom stereocenters. The predicted molar refractivity (Wildman–Crippen MR) is 99.6 cm³/mol. The van der Waals surface area contributed by atoms with Crippen LogP contribution in [0.25, 0.3) is 0 Å². The van der Waals surface area contributed by atoms with E-state index in [2.05, 4.69) is 10.3 Å². The number of rotatable bonds is 7. The van der Waals surface area contributed by atoms with Gasteiger partial charge in [0, 0.05) is 11.9 Å². The molecule has 1 amide bonds. The summed E-state index contributed by atoms with van der Waals surface area (Å²) in [6, 6.07) is 14.0. The lowest BCUT2D eigenvalue weighted by Crippen LogP contribution is -2.24. The van der Waals surface area contributed by atoms with Gasteiger partial charge in [-0.3, -0.25) is 4.79 Å². The molecule has 26 heavy (non-hydrogen) atoms. The minimum Gasteiger partial charge on any atom is -0.486 e. The molecule has 6 heteroatoms. The lowest BCUT2D eigenvalue weighted by molar-refractivity contribution is -0.120. The first-order valence-electron chi connectivity index (χ1n) is 8.22. The average Bonchev–Trinajstić information content (AvgIpc) is 3.07. The highest BCUT2D eigenvalue weighted by Gasteiger charge is 2.08. The molecular weight excluding hydrogens is 351 g/mol. The van der Waals surface area contributed by atoms with Crippen molar-refractivity contribution in [2.75, 3.05) is 0 Å². The third-order valence-corrected chi connectivity index (χ3v) is 4.57. The number of hydrogen-bond acceptors (Lipinski definition) is 4. The molecule has 0 saturated carbocycles. The van der Waals surface area contributed by atoms with Gasteiger partial charge in [-0.25, -0.2) is 9.37 Å². The molecule has 0 saturated heterocycles. The van der Waals surface area contributed by atoms with Gasteiger partial charge in [0.05, 0.1) is 12.1 Å². The van der Waals surface area contributed by atoms with E-state index in [4.69, 9.17) is 4.74 Å². The maximum Gasteiger partial charge on any atom is 0.226 e. The normalized spacial score (nSPS) is 10.5. The monoisotopic (exact) mass is 370 g/mol. The molecule has 2 aromatic carbocycles. The lowest BCUT2D eigenvalue weighted by atomic mass is 10.2. The van der Waals surface area contributed by atoms with Crippen LogP contribution < -0.4 is 10.1 Å². The summed E-state index contributed by atoms with van der Waals surface area (Å²) in [4.78, 5) is 16.4. The van der Waals surface area contributed by atoms with Crippen molar-refractivity contribution < 1.29 is 13.9 Å². The van der Waals surface area contributed by atoms with Crippen molar-refractivity contribution in [2.45, 2.75) is 26.5 Å². The second-order valence-corrected chi connectivity index (χ2v) is 6.86. The molecule has 4 nitrogen and oxygen atoms in total. The maximum absolute atomic E-state index is 13.1. The second kappa shape index (κ2) is 8.58. The van der Waals surface area contributed by atoms with Crippen LogP contribution in [0.5, 0.6) is 5.75 Å². The number of amides is 1. The highest BCUT2D eigenvalue weighted by Crippen LogP contribution is 2.16. The van der Waals surface area contributed by atoms with Crippen LogP contribution >= 0.6 is 11.3 Å². The summed E-state index contributed by atoms with van der Waals surface area (Å²) in [7, 11) is 0. The van der Waals surface area contributed by atoms with Crippen molar-refractivity contribution in [3.63, 3.8) is 0 Å². The van der Waals surface area contributed by atoms with Gasteiger partial charge in [-0.1, -0.05) is 29.8 Å². The van der Waals surface area contributed by atoms with Gasteiger partial charge in [-0.05, 0) is 36.8 Å². The van der Waals surface area contributed by atoms with Crippen molar-refractivity contribution in [1.82, 2.24) is 10.3 Å². The smallest absolute Gasteiger partial charge is 0.226 e. The van der Waals surface area contributed by atoms with Crippen LogP contribution in [0.2, 0.25) is 0 Å². The summed E-state index contributed by atoms with van der Waals surface area (Å²) in [5.74, 6) is 0.334. The molecule has 0 aliphatic carbocycles. The van der Waals surface area contributed by atoms with E-state index >= 15 is 0 Å². The molecule has 0 aliphatic rings. The molecule has 0 atom stereocenters. The van der Waals surface area contributed by atoms with E-state index in [1.54, 1.807) is 12.1 Å². The number of halogens is 1. The number of nitrogens with one attached hydrogen (secondary N) is 1. The molecule has 0 bridgehead atoms. The van der Waals surface area contributed by atoms with E-state index in [1.165, 1.54) is 29.0 Å². The Morgan fingerprint density at radius 2 is 2.04 bits per heavy atom. The number of benzene rings is 2. The Kier molecular flexibility index (Phi) is 5.96. The van der Waals surface area contributed by atoms with Crippen molar-refractivity contribution in [1.29, 1.82) is 0 Å². The molecule has 1 aromatic heterocycles. The quantitative estimate of drug-likeness (QED) is 0.683. The van der Waals surface area contributed by atoms with Gasteiger partial charge >= 0.3 is 0 Å². The molecule has 3 aromatic rings. The van der Waals surface area contributed by atoms with Gasteiger partial charge in [0.25, 0.3) is 0 Å². The van der Waals surface area contributed by atoms with Crippen molar-refractivity contribution in [2.24, 2.45) is 0 Å². The van der Waals surface area contributed by atoms with Gasteiger partial charge < -0.3 is 10.1 Å². The summed E-state index contributed by atoms with van der Waals surface area (Å²) >= 11 is 1.46. The predicted octanol–water partition coefficient (Wildman–Crippen LogP) is 4.03. The Morgan fingerprint density at radius 3 is 2.81 bits per heavy atom. The standard InChI is InChI=1S/C20H19FN2O2S/c1-14-5-7-18(8-6-14)25-12-20-23-17(13-26-20)10-19(24)22-11-15-3-2-4-16(21)9-15/h2-9,13H,10-12H2,1H3,(H,22,24). The first-order chi connectivity index (χ1) is 12.6. The van der Waals surface area contributed by atoms with Crippen LogP contribution in [-0.2, 0) is 24.4 Å². The number of thiazole rings is 1. The zero-order valence-corrected chi connectivity index (χ0v) is 15.2. The highest BCUT2D eigenvalue weighted by molar-refractivity contribution is 7.09. The van der Waals surface area contributed by atoms with Gasteiger partial charge in [0.1, 0.15) is 23.2 Å². The number of hydrogen-bond donors (Lipinski definition) is 1. The van der Waals surface area contributed by atoms with Gasteiger partial charge in [0.2, 0.25) is 5.91 Å². The van der Waals surface area contributed by atoms with Crippen LogP contribution in [0.4, 0.5) is 4.39 Å². The Morgan fingerprint density at radius 1 is 1.23 bits per heavy atom. The van der Waals surface area contributed by atoms with Gasteiger partial charge in [0.15, 0.2) is 0 Å². The molecule has 0 spiro atoms. The summed E-state index contributed by atoms with van der Waals surface area (Å²) < 4.78 is 18.8. The van der Waals surface area contributed by atoms with E-state index < -0.39 is 0 Å². The van der Waals surface area contributed by atoms with Crippen LogP contribution in [0, 0.1) is 12.7 Å². The Balaban J connectivity index is 1.46. The fourth-order valence-corrected chi connectivity index (χ4v) is 3.06. The third kappa shape index (κ3) is 5.39. The van der Waals surface area contributed by atoms with E-state index in [0.717, 1.165) is 16.3 Å². The first kappa shape index (κ1) is 18.1. The van der Waals surface area contributed by atoms with Gasteiger partial charge in [-0.2, -0.15) is 0 Å². The van der Waals surface area contributed by atoms with Crippen LogP contribution in [0.3, 0.4) is 0 Å². The summed E-state index contributed by atoms with van der Waals surface area (Å²) in [6.45, 7) is 2.69. The number of aromatic nitrogens is 1. The number of carbonyl (C=O) groups is 1. The highest BCUT2D eigenvalue weighted by atomic mass is 32.1. The Labute approximate surface area is 155 Å². The molecule has 0 aliphatic heterocycles.